The Morgan fingerprint density at radius 1 is 1.43 bits per heavy atom. The predicted molar refractivity (Wildman–Crippen MR) is 84.2 cm³/mol. The topological polar surface area (TPSA) is 52.0 Å². The minimum atomic E-state index is 0.674. The van der Waals surface area contributed by atoms with Gasteiger partial charge in [0.2, 0.25) is 0 Å². The quantitative estimate of drug-likeness (QED) is 0.833. The maximum absolute atomic E-state index is 5.26. The molecule has 5 nitrogen and oxygen atoms in total. The van der Waals surface area contributed by atoms with E-state index in [1.165, 1.54) is 12.8 Å². The molecule has 6 heteroatoms. The molecule has 0 saturated heterocycles. The van der Waals surface area contributed by atoms with Crippen LogP contribution in [0.25, 0.3) is 0 Å². The zero-order valence-electron chi connectivity index (χ0n) is 12.1. The fourth-order valence-electron chi connectivity index (χ4n) is 2.20. The van der Waals surface area contributed by atoms with Gasteiger partial charge in [-0.15, -0.1) is 5.10 Å². The van der Waals surface area contributed by atoms with Gasteiger partial charge in [-0.2, -0.15) is 0 Å². The normalized spacial score (nSPS) is 14.4. The van der Waals surface area contributed by atoms with E-state index in [9.17, 15) is 0 Å². The summed E-state index contributed by atoms with van der Waals surface area (Å²) in [6, 6.07) is 5.93. The van der Waals surface area contributed by atoms with Gasteiger partial charge in [0.05, 0.1) is 25.5 Å². The van der Waals surface area contributed by atoms with E-state index in [0.29, 0.717) is 6.54 Å². The third-order valence-corrected chi connectivity index (χ3v) is 4.38. The van der Waals surface area contributed by atoms with Crippen LogP contribution in [-0.4, -0.2) is 28.6 Å². The average molecular weight is 351 g/mol. The Labute approximate surface area is 132 Å². The van der Waals surface area contributed by atoms with Crippen molar-refractivity contribution in [2.75, 3.05) is 13.7 Å². The SMILES string of the molecule is COc1ccc(Br)c(Cn2cc(CNCC3CC3)nn2)c1. The Bertz CT molecular complexity index is 609. The molecule has 2 aromatic rings. The molecule has 3 rings (SSSR count). The summed E-state index contributed by atoms with van der Waals surface area (Å²) in [6.07, 6.45) is 4.72. The highest BCUT2D eigenvalue weighted by Gasteiger charge is 2.20. The van der Waals surface area contributed by atoms with Gasteiger partial charge in [-0.05, 0) is 49.1 Å². The van der Waals surface area contributed by atoms with Gasteiger partial charge >= 0.3 is 0 Å². The van der Waals surface area contributed by atoms with Gasteiger partial charge in [0, 0.05) is 11.0 Å². The first-order valence-electron chi connectivity index (χ1n) is 7.17. The van der Waals surface area contributed by atoms with Gasteiger partial charge < -0.3 is 10.1 Å². The first-order chi connectivity index (χ1) is 10.2. The number of nitrogens with zero attached hydrogens (tertiary/aromatic N) is 3. The molecular weight excluding hydrogens is 332 g/mol. The average Bonchev–Trinajstić information content (AvgIpc) is 3.20. The molecule has 1 heterocycles. The molecule has 0 amide bonds. The zero-order valence-corrected chi connectivity index (χ0v) is 13.6. The van der Waals surface area contributed by atoms with Crippen LogP contribution in [0.1, 0.15) is 24.1 Å². The smallest absolute Gasteiger partial charge is 0.119 e. The molecule has 0 bridgehead atoms. The number of hydrogen-bond donors (Lipinski definition) is 1. The number of halogens is 1. The number of rotatable bonds is 7. The van der Waals surface area contributed by atoms with Crippen molar-refractivity contribution in [3.63, 3.8) is 0 Å². The highest BCUT2D eigenvalue weighted by molar-refractivity contribution is 9.10. The van der Waals surface area contributed by atoms with Crippen molar-refractivity contribution in [2.45, 2.75) is 25.9 Å². The van der Waals surface area contributed by atoms with Crippen LogP contribution in [0.15, 0.2) is 28.9 Å². The molecule has 21 heavy (non-hydrogen) atoms. The van der Waals surface area contributed by atoms with E-state index in [1.54, 1.807) is 7.11 Å². The summed E-state index contributed by atoms with van der Waals surface area (Å²) in [7, 11) is 1.67. The van der Waals surface area contributed by atoms with E-state index < -0.39 is 0 Å². The van der Waals surface area contributed by atoms with Gasteiger partial charge in [0.1, 0.15) is 5.75 Å². The van der Waals surface area contributed by atoms with Crippen molar-refractivity contribution in [3.8, 4) is 5.75 Å². The monoisotopic (exact) mass is 350 g/mol. The molecule has 1 aliphatic carbocycles. The predicted octanol–water partition coefficient (Wildman–Crippen LogP) is 2.60. The van der Waals surface area contributed by atoms with Crippen LogP contribution in [-0.2, 0) is 13.1 Å². The Morgan fingerprint density at radius 2 is 2.29 bits per heavy atom. The van der Waals surface area contributed by atoms with Crippen molar-refractivity contribution in [1.29, 1.82) is 0 Å². The summed E-state index contributed by atoms with van der Waals surface area (Å²) in [5.41, 5.74) is 2.10. The van der Waals surface area contributed by atoms with Gasteiger partial charge in [-0.25, -0.2) is 4.68 Å². The summed E-state index contributed by atoms with van der Waals surface area (Å²) < 4.78 is 8.16. The van der Waals surface area contributed by atoms with Crippen LogP contribution in [0.3, 0.4) is 0 Å². The van der Waals surface area contributed by atoms with Crippen LogP contribution in [0.4, 0.5) is 0 Å². The molecular formula is C15H19BrN4O. The van der Waals surface area contributed by atoms with Gasteiger partial charge in [-0.3, -0.25) is 0 Å². The summed E-state index contributed by atoms with van der Waals surface area (Å²) in [5.74, 6) is 1.73. The minimum absolute atomic E-state index is 0.674. The summed E-state index contributed by atoms with van der Waals surface area (Å²) in [4.78, 5) is 0. The lowest BCUT2D eigenvalue weighted by Crippen LogP contribution is -2.16. The van der Waals surface area contributed by atoms with E-state index in [-0.39, 0.29) is 0 Å². The number of methoxy groups -OCH3 is 1. The van der Waals surface area contributed by atoms with E-state index in [2.05, 4.69) is 31.6 Å². The molecule has 1 aromatic heterocycles. The van der Waals surface area contributed by atoms with E-state index >= 15 is 0 Å². The van der Waals surface area contributed by atoms with Crippen molar-refractivity contribution in [3.05, 3.63) is 40.1 Å². The standard InChI is InChI=1S/C15H19BrN4O/c1-21-14-4-5-15(16)12(6-14)9-20-10-13(18-19-20)8-17-7-11-2-3-11/h4-6,10-11,17H,2-3,7-9H2,1H3. The molecule has 1 saturated carbocycles. The highest BCUT2D eigenvalue weighted by Crippen LogP contribution is 2.27. The fourth-order valence-corrected chi connectivity index (χ4v) is 2.57. The van der Waals surface area contributed by atoms with Crippen LogP contribution >= 0.6 is 15.9 Å². The molecule has 1 aliphatic rings. The summed E-state index contributed by atoms with van der Waals surface area (Å²) in [6.45, 7) is 2.55. The van der Waals surface area contributed by atoms with Crippen LogP contribution < -0.4 is 10.1 Å². The lowest BCUT2D eigenvalue weighted by atomic mass is 10.2. The molecule has 0 atom stereocenters. The number of hydrogen-bond acceptors (Lipinski definition) is 4. The first kappa shape index (κ1) is 14.5. The van der Waals surface area contributed by atoms with E-state index in [0.717, 1.165) is 40.5 Å². The van der Waals surface area contributed by atoms with Gasteiger partial charge in [0.25, 0.3) is 0 Å². The number of benzene rings is 1. The summed E-state index contributed by atoms with van der Waals surface area (Å²) in [5, 5.41) is 11.8. The number of nitrogens with one attached hydrogen (secondary N) is 1. The Balaban J connectivity index is 1.60. The van der Waals surface area contributed by atoms with Crippen molar-refractivity contribution >= 4 is 15.9 Å². The molecule has 112 valence electrons. The lowest BCUT2D eigenvalue weighted by Gasteiger charge is -2.07. The largest absolute Gasteiger partial charge is 0.497 e. The molecule has 1 fully saturated rings. The van der Waals surface area contributed by atoms with Gasteiger partial charge in [-0.1, -0.05) is 21.1 Å². The molecule has 0 unspecified atom stereocenters. The third-order valence-electron chi connectivity index (χ3n) is 3.61. The molecule has 0 aliphatic heterocycles. The van der Waals surface area contributed by atoms with Crippen LogP contribution in [0.5, 0.6) is 5.75 Å². The highest BCUT2D eigenvalue weighted by atomic mass is 79.9. The molecule has 1 aromatic carbocycles. The summed E-state index contributed by atoms with van der Waals surface area (Å²) >= 11 is 3.56. The molecule has 1 N–H and O–H groups in total. The van der Waals surface area contributed by atoms with Crippen LogP contribution in [0, 0.1) is 5.92 Å². The maximum Gasteiger partial charge on any atom is 0.119 e. The Kier molecular flexibility index (Phi) is 4.55. The zero-order chi connectivity index (χ0) is 14.7. The Hall–Kier alpha value is -1.40. The van der Waals surface area contributed by atoms with E-state index in [1.807, 2.05) is 29.1 Å². The second kappa shape index (κ2) is 6.58. The second-order valence-corrected chi connectivity index (χ2v) is 6.29. The van der Waals surface area contributed by atoms with Gasteiger partial charge in [0.15, 0.2) is 0 Å². The number of aromatic nitrogens is 3. The lowest BCUT2D eigenvalue weighted by molar-refractivity contribution is 0.414. The van der Waals surface area contributed by atoms with E-state index in [4.69, 9.17) is 4.74 Å². The van der Waals surface area contributed by atoms with Crippen molar-refractivity contribution in [1.82, 2.24) is 20.3 Å². The number of ether oxygens (including phenoxy) is 1. The molecule has 0 spiro atoms. The van der Waals surface area contributed by atoms with Crippen molar-refractivity contribution in [2.24, 2.45) is 5.92 Å². The van der Waals surface area contributed by atoms with Crippen molar-refractivity contribution < 1.29 is 4.74 Å². The Morgan fingerprint density at radius 3 is 3.05 bits per heavy atom. The molecule has 0 radical (unpaired) electrons. The van der Waals surface area contributed by atoms with Crippen LogP contribution in [0.2, 0.25) is 0 Å². The maximum atomic E-state index is 5.26. The third kappa shape index (κ3) is 4.04. The first-order valence-corrected chi connectivity index (χ1v) is 7.96. The fraction of sp³-hybridized carbons (Fsp3) is 0.467. The second-order valence-electron chi connectivity index (χ2n) is 5.44. The minimum Gasteiger partial charge on any atom is -0.497 e.